The number of nitrogens with one attached hydrogen (secondary N) is 1. The molecule has 0 saturated heterocycles. The summed E-state index contributed by atoms with van der Waals surface area (Å²) in [6, 6.07) is 12.8. The molecule has 0 radical (unpaired) electrons. The Morgan fingerprint density at radius 3 is 2.71 bits per heavy atom. The summed E-state index contributed by atoms with van der Waals surface area (Å²) >= 11 is 1.82. The Labute approximate surface area is 128 Å². The minimum atomic E-state index is 1.01. The first-order valence-corrected chi connectivity index (χ1v) is 7.71. The van der Waals surface area contributed by atoms with Crippen molar-refractivity contribution in [1.82, 2.24) is 0 Å². The van der Waals surface area contributed by atoms with Gasteiger partial charge in [-0.25, -0.2) is 0 Å². The molecule has 3 aromatic rings. The van der Waals surface area contributed by atoms with Gasteiger partial charge in [-0.1, -0.05) is 43.5 Å². The second-order valence-electron chi connectivity index (χ2n) is 4.83. The molecule has 0 aliphatic heterocycles. The van der Waals surface area contributed by atoms with Gasteiger partial charge in [0, 0.05) is 31.4 Å². The highest BCUT2D eigenvalue weighted by Gasteiger charge is 2.14. The average Bonchev–Trinajstić information content (AvgIpc) is 2.86. The monoisotopic (exact) mass is 291 g/mol. The summed E-state index contributed by atoms with van der Waals surface area (Å²) in [5.41, 5.74) is 3.21. The molecule has 1 heterocycles. The number of thiophene rings is 1. The van der Waals surface area contributed by atoms with Crippen molar-refractivity contribution in [3.63, 3.8) is 0 Å². The molecule has 0 fully saturated rings. The summed E-state index contributed by atoms with van der Waals surface area (Å²) in [6.07, 6.45) is 5.78. The third-order valence-electron chi connectivity index (χ3n) is 3.49. The van der Waals surface area contributed by atoms with E-state index in [1.807, 2.05) is 24.3 Å². The van der Waals surface area contributed by atoms with Crippen LogP contribution >= 0.6 is 11.3 Å². The highest BCUT2D eigenvalue weighted by atomic mass is 32.1. The first kappa shape index (κ1) is 13.7. The van der Waals surface area contributed by atoms with Gasteiger partial charge in [0.05, 0.1) is 0 Å². The molecule has 1 aromatic heterocycles. The Balaban J connectivity index is 2.44. The van der Waals surface area contributed by atoms with E-state index in [9.17, 15) is 0 Å². The average molecular weight is 291 g/mol. The summed E-state index contributed by atoms with van der Waals surface area (Å²) in [4.78, 5) is 0. The van der Waals surface area contributed by atoms with Crippen molar-refractivity contribution < 1.29 is 0 Å². The van der Waals surface area contributed by atoms with Crippen LogP contribution in [0.2, 0.25) is 0 Å². The molecule has 0 aliphatic carbocycles. The van der Waals surface area contributed by atoms with E-state index in [1.54, 1.807) is 6.20 Å². The maximum Gasteiger partial charge on any atom is 0.0466 e. The molecule has 0 atom stereocenters. The van der Waals surface area contributed by atoms with E-state index in [0.29, 0.717) is 0 Å². The predicted octanol–water partition coefficient (Wildman–Crippen LogP) is 6.20. The van der Waals surface area contributed by atoms with E-state index in [1.165, 1.54) is 20.2 Å². The molecular formula is C19H17NS. The molecule has 0 unspecified atom stereocenters. The van der Waals surface area contributed by atoms with E-state index in [0.717, 1.165) is 16.8 Å². The van der Waals surface area contributed by atoms with Crippen molar-refractivity contribution in [1.29, 1.82) is 0 Å². The van der Waals surface area contributed by atoms with Crippen LogP contribution < -0.4 is 5.32 Å². The molecule has 2 aromatic carbocycles. The largest absolute Gasteiger partial charge is 0.362 e. The van der Waals surface area contributed by atoms with E-state index < -0.39 is 0 Å². The minimum Gasteiger partial charge on any atom is -0.362 e. The van der Waals surface area contributed by atoms with Crippen molar-refractivity contribution in [2.24, 2.45) is 0 Å². The van der Waals surface area contributed by atoms with Crippen molar-refractivity contribution in [3.05, 3.63) is 73.5 Å². The van der Waals surface area contributed by atoms with Crippen LogP contribution in [0.25, 0.3) is 25.7 Å². The molecule has 1 nitrogen and oxygen atoms in total. The van der Waals surface area contributed by atoms with Gasteiger partial charge in [-0.2, -0.15) is 0 Å². The van der Waals surface area contributed by atoms with E-state index in [-0.39, 0.29) is 0 Å². The number of rotatable bonds is 4. The minimum absolute atomic E-state index is 1.01. The molecule has 21 heavy (non-hydrogen) atoms. The summed E-state index contributed by atoms with van der Waals surface area (Å²) in [7, 11) is 0. The first-order valence-electron chi connectivity index (χ1n) is 6.90. The summed E-state index contributed by atoms with van der Waals surface area (Å²) in [6.45, 7) is 10.0. The third-order valence-corrected chi connectivity index (χ3v) is 4.63. The first-order chi connectivity index (χ1) is 10.3. The predicted molar refractivity (Wildman–Crippen MR) is 97.0 cm³/mol. The lowest BCUT2D eigenvalue weighted by molar-refractivity contribution is 1.59. The van der Waals surface area contributed by atoms with Crippen LogP contribution in [0.3, 0.4) is 0 Å². The quantitative estimate of drug-likeness (QED) is 0.564. The van der Waals surface area contributed by atoms with Crippen LogP contribution in [-0.2, 0) is 0 Å². The van der Waals surface area contributed by atoms with E-state index >= 15 is 0 Å². The fraction of sp³-hybridized carbons (Fsp3) is 0.0526. The van der Waals surface area contributed by atoms with Gasteiger partial charge in [0.25, 0.3) is 0 Å². The summed E-state index contributed by atoms with van der Waals surface area (Å²) < 4.78 is 2.59. The van der Waals surface area contributed by atoms with Crippen molar-refractivity contribution in [2.45, 2.75) is 6.92 Å². The Morgan fingerprint density at radius 2 is 1.95 bits per heavy atom. The second kappa shape index (κ2) is 5.58. The molecule has 2 heteroatoms. The maximum atomic E-state index is 4.24. The van der Waals surface area contributed by atoms with Crippen molar-refractivity contribution in [3.8, 4) is 0 Å². The van der Waals surface area contributed by atoms with Crippen molar-refractivity contribution >= 4 is 42.8 Å². The van der Waals surface area contributed by atoms with Gasteiger partial charge in [0.1, 0.15) is 0 Å². The van der Waals surface area contributed by atoms with Gasteiger partial charge in [-0.15, -0.1) is 11.3 Å². The molecule has 3 rings (SSSR count). The fourth-order valence-corrected chi connectivity index (χ4v) is 3.78. The Hall–Kier alpha value is -2.32. The van der Waals surface area contributed by atoms with Gasteiger partial charge in [0.15, 0.2) is 0 Å². The Bertz CT molecular complexity index is 868. The highest BCUT2D eigenvalue weighted by Crippen LogP contribution is 2.41. The number of fused-ring (bicyclic) bond motifs is 3. The second-order valence-corrected chi connectivity index (χ2v) is 5.92. The molecule has 0 bridgehead atoms. The van der Waals surface area contributed by atoms with Crippen LogP contribution in [0, 0.1) is 0 Å². The number of anilines is 1. The SMILES string of the molecule is C=CNc1ccc2sc3ccccc3c2c1C(=C)/C=C\C. The smallest absolute Gasteiger partial charge is 0.0466 e. The van der Waals surface area contributed by atoms with Gasteiger partial charge >= 0.3 is 0 Å². The third kappa shape index (κ3) is 2.28. The number of benzene rings is 2. The molecule has 104 valence electrons. The molecule has 0 amide bonds. The van der Waals surface area contributed by atoms with E-state index in [2.05, 4.69) is 60.9 Å². The zero-order valence-electron chi connectivity index (χ0n) is 12.0. The van der Waals surface area contributed by atoms with Crippen LogP contribution in [0.4, 0.5) is 5.69 Å². The summed E-state index contributed by atoms with van der Waals surface area (Å²) in [5, 5.41) is 5.79. The number of hydrogen-bond donors (Lipinski definition) is 1. The summed E-state index contributed by atoms with van der Waals surface area (Å²) in [5.74, 6) is 0. The molecular weight excluding hydrogens is 274 g/mol. The topological polar surface area (TPSA) is 12.0 Å². The lowest BCUT2D eigenvalue weighted by Crippen LogP contribution is -1.93. The zero-order valence-corrected chi connectivity index (χ0v) is 12.8. The van der Waals surface area contributed by atoms with Crippen LogP contribution in [0.1, 0.15) is 12.5 Å². The van der Waals surface area contributed by atoms with Gasteiger partial charge in [-0.05, 0) is 36.9 Å². The highest BCUT2D eigenvalue weighted by molar-refractivity contribution is 7.25. The molecule has 0 spiro atoms. The van der Waals surface area contributed by atoms with Gasteiger partial charge < -0.3 is 5.32 Å². The maximum absolute atomic E-state index is 4.24. The fourth-order valence-electron chi connectivity index (χ4n) is 2.66. The molecule has 1 N–H and O–H groups in total. The normalized spacial score (nSPS) is 11.3. The number of allylic oxidation sites excluding steroid dienone is 3. The van der Waals surface area contributed by atoms with Gasteiger partial charge in [0.2, 0.25) is 0 Å². The molecule has 0 aliphatic rings. The van der Waals surface area contributed by atoms with Crippen molar-refractivity contribution in [2.75, 3.05) is 5.32 Å². The van der Waals surface area contributed by atoms with Crippen LogP contribution in [0.5, 0.6) is 0 Å². The van der Waals surface area contributed by atoms with E-state index in [4.69, 9.17) is 0 Å². The van der Waals surface area contributed by atoms with Crippen LogP contribution in [-0.4, -0.2) is 0 Å². The lowest BCUT2D eigenvalue weighted by Gasteiger charge is -2.12. The standard InChI is InChI=1S/C19H17NS/c1-4-8-13(3)18-15(20-5-2)11-12-17-19(18)14-9-6-7-10-16(14)21-17/h4-12,20H,2-3H2,1H3/b8-4-. The zero-order chi connectivity index (χ0) is 14.8. The molecule has 0 saturated carbocycles. The lowest BCUT2D eigenvalue weighted by atomic mass is 9.98. The number of hydrogen-bond acceptors (Lipinski definition) is 2. The Kier molecular flexibility index (Phi) is 3.63. The Morgan fingerprint density at radius 1 is 1.14 bits per heavy atom. The van der Waals surface area contributed by atoms with Gasteiger partial charge in [-0.3, -0.25) is 0 Å². The van der Waals surface area contributed by atoms with Crippen LogP contribution in [0.15, 0.2) is 67.9 Å².